The van der Waals surface area contributed by atoms with Gasteiger partial charge in [-0.2, -0.15) is 0 Å². The van der Waals surface area contributed by atoms with Gasteiger partial charge in [-0.05, 0) is 0 Å². The predicted molar refractivity (Wildman–Crippen MR) is 407 cm³/mol. The Labute approximate surface area is 673 Å². The number of carboxylic acid groups (broad SMARTS) is 12. The second-order valence-corrected chi connectivity index (χ2v) is 28.5. The van der Waals surface area contributed by atoms with E-state index in [1.165, 1.54) is 123 Å². The third kappa shape index (κ3) is 44.9. The van der Waals surface area contributed by atoms with Crippen LogP contribution in [0.25, 0.3) is 0 Å². The summed E-state index contributed by atoms with van der Waals surface area (Å²) in [4.78, 5) is 227. The monoisotopic (exact) mass is 1670 g/mol. The van der Waals surface area contributed by atoms with Gasteiger partial charge in [-0.3, -0.25) is 116 Å². The Morgan fingerprint density at radius 3 is 0.444 bits per heavy atom. The van der Waals surface area contributed by atoms with Crippen molar-refractivity contribution in [3.05, 3.63) is 49.6 Å². The molecule has 4 aliphatic rings. The number of carbonyl (C=O) groups is 16. The maximum absolute atomic E-state index is 14.9. The Kier molecular flexibility index (Phi) is 43.7. The molecule has 0 saturated heterocycles. The molecular weight excluding hydrogens is 1560 g/mol. The normalized spacial score (nSPS) is 18.9. The summed E-state index contributed by atoms with van der Waals surface area (Å²) in [5, 5.41) is 129. The van der Waals surface area contributed by atoms with Crippen LogP contribution in [0.15, 0.2) is 49.6 Å². The molecule has 16 N–H and O–H groups in total. The van der Waals surface area contributed by atoms with Crippen molar-refractivity contribution in [2.24, 2.45) is 5.41 Å². The van der Waals surface area contributed by atoms with Gasteiger partial charge in [-0.25, -0.2) is 0 Å². The average molecular weight is 1670 g/mol. The number of carboxylic acids is 12. The molecular formula is C69H112N20O28. The molecule has 0 bridgehead atoms. The lowest BCUT2D eigenvalue weighted by atomic mass is 9.86. The van der Waals surface area contributed by atoms with Gasteiger partial charge in [0.05, 0.1) is 72.0 Å². The van der Waals surface area contributed by atoms with Crippen LogP contribution in [0.1, 0.15) is 0 Å². The van der Waals surface area contributed by atoms with Gasteiger partial charge >= 0.3 is 71.6 Å². The van der Waals surface area contributed by atoms with Crippen LogP contribution >= 0.6 is 0 Å². The molecule has 4 heterocycles. The van der Waals surface area contributed by atoms with Gasteiger partial charge in [0, 0.05) is 238 Å². The minimum Gasteiger partial charge on any atom is -0.480 e. The van der Waals surface area contributed by atoms with Crippen molar-refractivity contribution in [3.63, 3.8) is 0 Å². The van der Waals surface area contributed by atoms with Crippen LogP contribution in [0, 0.1) is 5.41 Å². The molecule has 0 aromatic rings. The summed E-state index contributed by atoms with van der Waals surface area (Å²) in [6.07, 6.45) is 10.8. The standard InChI is InChI=1S/C69H112N20O28/c90-53(33-74-1-9-78(37-57(94)95)17-25-86(45-65(110)111)26-18-79(10-2-74)38-58(96)97)70-49-69(50-71-54(91)34-75-3-11-80(39-59(98)99)19-27-87(46-66(112)113)28-20-81(12-4-75)40-60(100)101,51-72-55(92)35-76-5-13-82(41-61(102)103)21-29-88(47-67(114)115)30-22-83(14-6-76)42-62(104)105)52-73-56(93)36-77-7-15-84(43-63(106)107)23-31-89(48-68(116)117)32-24-85(16-8-77)44-64(108)109/h1,3,5,9,11,13,23,31H,2,4,6-8,10,12,14-22,24-30,32-52H2,(H,70,90)(H,71,91)(H,72,92)(H,73,93)(H,94,95)(H,96,97)(H,98,99)(H,100,101)(H,102,103)(H,104,105)(H,106,107)(H,108,109)(H,110,111)(H,112,113)(H,114,115)(H,116,117)/b9-1-,11-3-,13-5-,31-23-. The van der Waals surface area contributed by atoms with E-state index in [0.717, 1.165) is 0 Å². The first-order chi connectivity index (χ1) is 55.3. The second-order valence-electron chi connectivity index (χ2n) is 28.5. The maximum atomic E-state index is 14.9. The molecule has 0 fully saturated rings. The number of hydrogen-bond acceptors (Lipinski definition) is 32. The fourth-order valence-electron chi connectivity index (χ4n) is 12.6. The SMILES string of the molecule is O=C(O)CN1/C=C\N(CC(=O)NCC(CNC(=O)CN2/C=C\N(CC(=O)O)CCN(CC(=O)O)CCN(CC(=O)O)CC2)(CNC(=O)CN2/C=C\N(CC(=O)O)CCN(CC(=O)O)CCN(CC(=O)O)CC2)CNC(=O)CN2CCN(CC(=O)O)/C=C\N(CC(=O)O)CCN(CC(=O)O)CC2)CCN(CC(=O)O)CCN(CC(=O)O)CC1. The van der Waals surface area contributed by atoms with E-state index < -0.39 is 232 Å². The highest BCUT2D eigenvalue weighted by atomic mass is 16.4. The molecule has 117 heavy (non-hydrogen) atoms. The first kappa shape index (κ1) is 97.9. The van der Waals surface area contributed by atoms with Crippen molar-refractivity contribution >= 4 is 95.3 Å². The topological polar surface area (TPSA) is 616 Å². The van der Waals surface area contributed by atoms with E-state index >= 15 is 0 Å². The highest BCUT2D eigenvalue weighted by Gasteiger charge is 2.35. The summed E-state index contributed by atoms with van der Waals surface area (Å²) in [7, 11) is 0. The zero-order valence-electron chi connectivity index (χ0n) is 65.3. The summed E-state index contributed by atoms with van der Waals surface area (Å²) in [5.41, 5.74) is -1.80. The Hall–Kier alpha value is -11.4. The zero-order valence-corrected chi connectivity index (χ0v) is 65.3. The first-order valence-corrected chi connectivity index (χ1v) is 37.5. The lowest BCUT2D eigenvalue weighted by Crippen LogP contribution is -2.59. The van der Waals surface area contributed by atoms with Crippen LogP contribution in [0.3, 0.4) is 0 Å². The molecule has 48 heteroatoms. The number of nitrogens with one attached hydrogen (secondary N) is 4. The summed E-state index contributed by atoms with van der Waals surface area (Å²) in [5.74, 6) is -18.1. The van der Waals surface area contributed by atoms with Crippen molar-refractivity contribution in [1.82, 2.24) is 99.7 Å². The molecule has 4 rings (SSSR count). The molecule has 48 nitrogen and oxygen atoms in total. The lowest BCUT2D eigenvalue weighted by molar-refractivity contribution is -0.140. The van der Waals surface area contributed by atoms with E-state index in [2.05, 4.69) is 21.3 Å². The van der Waals surface area contributed by atoms with E-state index in [1.807, 2.05) is 0 Å². The molecule has 0 aliphatic carbocycles. The molecule has 0 spiro atoms. The number of hydrogen-bond donors (Lipinski definition) is 16. The van der Waals surface area contributed by atoms with Crippen LogP contribution in [0.4, 0.5) is 0 Å². The van der Waals surface area contributed by atoms with Gasteiger partial charge in [0.1, 0.15) is 32.7 Å². The summed E-state index contributed by atoms with van der Waals surface area (Å²) in [6, 6.07) is 0. The Morgan fingerprint density at radius 2 is 0.299 bits per heavy atom. The Bertz CT molecular complexity index is 3210. The van der Waals surface area contributed by atoms with Gasteiger partial charge in [-0.1, -0.05) is 0 Å². The summed E-state index contributed by atoms with van der Waals surface area (Å²) >= 11 is 0. The smallest absolute Gasteiger partial charge is 0.323 e. The minimum absolute atomic E-state index is 0.00407. The Morgan fingerprint density at radius 1 is 0.179 bits per heavy atom. The van der Waals surface area contributed by atoms with Gasteiger partial charge in [-0.15, -0.1) is 0 Å². The van der Waals surface area contributed by atoms with E-state index in [0.29, 0.717) is 0 Å². The van der Waals surface area contributed by atoms with Gasteiger partial charge in [0.25, 0.3) is 0 Å². The molecule has 0 radical (unpaired) electrons. The molecule has 0 saturated carbocycles. The number of nitrogens with zero attached hydrogens (tertiary/aromatic N) is 16. The van der Waals surface area contributed by atoms with Gasteiger partial charge < -0.3 is 122 Å². The van der Waals surface area contributed by atoms with Crippen LogP contribution in [-0.4, -0.2) is 523 Å². The lowest BCUT2D eigenvalue weighted by Gasteiger charge is -2.36. The van der Waals surface area contributed by atoms with Crippen LogP contribution in [-0.2, 0) is 76.7 Å². The molecule has 0 aromatic heterocycles. The maximum Gasteiger partial charge on any atom is 0.323 e. The fraction of sp³-hybridized carbons (Fsp3) is 0.652. The summed E-state index contributed by atoms with van der Waals surface area (Å²) in [6.45, 7) is -11.8. The number of carbonyl (C=O) groups excluding carboxylic acids is 4. The largest absolute Gasteiger partial charge is 0.480 e. The van der Waals surface area contributed by atoms with Gasteiger partial charge in [0.15, 0.2) is 0 Å². The number of amides is 4. The van der Waals surface area contributed by atoms with Crippen molar-refractivity contribution < 1.29 is 138 Å². The van der Waals surface area contributed by atoms with Gasteiger partial charge in [0.2, 0.25) is 23.6 Å². The van der Waals surface area contributed by atoms with E-state index in [1.54, 1.807) is 4.90 Å². The fourth-order valence-corrected chi connectivity index (χ4v) is 12.6. The Balaban J connectivity index is 1.93. The minimum atomic E-state index is -1.80. The third-order valence-corrected chi connectivity index (χ3v) is 18.8. The van der Waals surface area contributed by atoms with Crippen molar-refractivity contribution in [2.45, 2.75) is 0 Å². The van der Waals surface area contributed by atoms with E-state index in [9.17, 15) is 138 Å². The molecule has 4 aliphatic heterocycles. The van der Waals surface area contributed by atoms with Crippen molar-refractivity contribution in [1.29, 1.82) is 0 Å². The van der Waals surface area contributed by atoms with Crippen LogP contribution < -0.4 is 21.3 Å². The molecule has 656 valence electrons. The number of rotatable bonds is 40. The van der Waals surface area contributed by atoms with Crippen LogP contribution in [0.5, 0.6) is 0 Å². The highest BCUT2D eigenvalue weighted by Crippen LogP contribution is 2.16. The zero-order chi connectivity index (χ0) is 86.6. The second kappa shape index (κ2) is 52.2. The first-order valence-electron chi connectivity index (χ1n) is 37.5. The average Bonchev–Trinajstić information content (AvgIpc) is 0.841. The van der Waals surface area contributed by atoms with E-state index in [-0.39, 0.29) is 157 Å². The van der Waals surface area contributed by atoms with Crippen LogP contribution in [0.2, 0.25) is 0 Å². The molecule has 0 atom stereocenters. The summed E-state index contributed by atoms with van der Waals surface area (Å²) < 4.78 is 0. The number of aliphatic carboxylic acids is 12. The third-order valence-electron chi connectivity index (χ3n) is 18.8. The molecule has 0 unspecified atom stereocenters. The quantitative estimate of drug-likeness (QED) is 0.0271. The highest BCUT2D eigenvalue weighted by molar-refractivity contribution is 5.81. The predicted octanol–water partition coefficient (Wildman–Crippen LogP) is -9.78. The molecule has 4 amide bonds. The molecule has 0 aromatic carbocycles. The van der Waals surface area contributed by atoms with Crippen molar-refractivity contribution in [2.75, 3.05) is 288 Å². The van der Waals surface area contributed by atoms with Crippen molar-refractivity contribution in [3.8, 4) is 0 Å². The van der Waals surface area contributed by atoms with E-state index in [4.69, 9.17) is 0 Å².